The highest BCUT2D eigenvalue weighted by atomic mass is 35.5. The van der Waals surface area contributed by atoms with Crippen molar-refractivity contribution in [2.75, 3.05) is 43.6 Å². The number of sulfonamides is 1. The van der Waals surface area contributed by atoms with Crippen molar-refractivity contribution in [2.45, 2.75) is 30.9 Å². The fourth-order valence-corrected chi connectivity index (χ4v) is 6.05. The quantitative estimate of drug-likeness (QED) is 0.330. The zero-order valence-electron chi connectivity index (χ0n) is 24.3. The number of carbonyl (C=O) groups excluding carboxylic acids is 2. The largest absolute Gasteiger partial charge is 0.487 e. The Morgan fingerprint density at radius 1 is 1.07 bits per heavy atom. The molecule has 2 heterocycles. The first kappa shape index (κ1) is 31.2. The number of rotatable bonds is 8. The van der Waals surface area contributed by atoms with Crippen LogP contribution in [0.15, 0.2) is 65.6 Å². The van der Waals surface area contributed by atoms with E-state index in [1.165, 1.54) is 52.3 Å². The third-order valence-electron chi connectivity index (χ3n) is 7.47. The van der Waals surface area contributed by atoms with E-state index >= 15 is 0 Å². The molecular formula is C30H33ClN4O8S. The maximum absolute atomic E-state index is 13.7. The summed E-state index contributed by atoms with van der Waals surface area (Å²) in [6.07, 6.45) is -0.556. The number of aliphatic hydroxyl groups excluding tert-OH is 1. The minimum absolute atomic E-state index is 0.00250. The average molecular weight is 645 g/mol. The number of halogens is 1. The predicted molar refractivity (Wildman–Crippen MR) is 164 cm³/mol. The molecule has 2 aliphatic heterocycles. The van der Waals surface area contributed by atoms with Gasteiger partial charge in [0.2, 0.25) is 6.79 Å². The van der Waals surface area contributed by atoms with Crippen molar-refractivity contribution in [3.8, 4) is 17.2 Å². The van der Waals surface area contributed by atoms with Gasteiger partial charge in [-0.3, -0.25) is 9.52 Å². The minimum Gasteiger partial charge on any atom is -0.487 e. The van der Waals surface area contributed by atoms with Gasteiger partial charge in [0.1, 0.15) is 11.9 Å². The number of carbonyl (C=O) groups is 2. The van der Waals surface area contributed by atoms with E-state index in [0.29, 0.717) is 22.2 Å². The van der Waals surface area contributed by atoms with E-state index in [1.54, 1.807) is 32.2 Å². The molecular weight excluding hydrogens is 612 g/mol. The number of urea groups is 1. The maximum Gasteiger partial charge on any atom is 0.321 e. The van der Waals surface area contributed by atoms with E-state index in [2.05, 4.69) is 10.0 Å². The Morgan fingerprint density at radius 3 is 2.48 bits per heavy atom. The van der Waals surface area contributed by atoms with Crippen LogP contribution >= 0.6 is 11.6 Å². The lowest BCUT2D eigenvalue weighted by molar-refractivity contribution is 0.0371. The molecule has 3 atom stereocenters. The summed E-state index contributed by atoms with van der Waals surface area (Å²) in [5.41, 5.74) is 0.800. The van der Waals surface area contributed by atoms with Gasteiger partial charge in [0.25, 0.3) is 15.9 Å². The number of anilines is 2. The van der Waals surface area contributed by atoms with Crippen LogP contribution in [0.1, 0.15) is 24.2 Å². The number of aliphatic hydroxyl groups is 1. The van der Waals surface area contributed by atoms with Crippen LogP contribution in [0.5, 0.6) is 17.2 Å². The molecule has 0 saturated heterocycles. The van der Waals surface area contributed by atoms with Crippen molar-refractivity contribution >= 4 is 44.9 Å². The van der Waals surface area contributed by atoms with Gasteiger partial charge in [-0.2, -0.15) is 0 Å². The first-order chi connectivity index (χ1) is 20.9. The summed E-state index contributed by atoms with van der Waals surface area (Å²) in [4.78, 5) is 29.8. The van der Waals surface area contributed by atoms with Crippen LogP contribution < -0.4 is 24.2 Å². The van der Waals surface area contributed by atoms with Crippen molar-refractivity contribution < 1.29 is 37.3 Å². The second kappa shape index (κ2) is 12.8. The lowest BCUT2D eigenvalue weighted by atomic mass is 9.99. The van der Waals surface area contributed by atoms with Crippen molar-refractivity contribution in [1.29, 1.82) is 0 Å². The van der Waals surface area contributed by atoms with Gasteiger partial charge in [-0.25, -0.2) is 13.2 Å². The number of hydrogen-bond donors (Lipinski definition) is 3. The van der Waals surface area contributed by atoms with Crippen molar-refractivity contribution in [3.05, 3.63) is 71.2 Å². The third-order valence-corrected chi connectivity index (χ3v) is 9.11. The average Bonchev–Trinajstić information content (AvgIpc) is 3.47. The number of benzene rings is 3. The van der Waals surface area contributed by atoms with E-state index in [-0.39, 0.29) is 60.3 Å². The Hall–Kier alpha value is -4.20. The predicted octanol–water partition coefficient (Wildman–Crippen LogP) is 4.25. The fraction of sp³-hybridized carbons (Fsp3) is 0.333. The molecule has 44 heavy (non-hydrogen) atoms. The molecule has 3 aromatic carbocycles. The zero-order valence-corrected chi connectivity index (χ0v) is 25.9. The Morgan fingerprint density at radius 2 is 1.75 bits per heavy atom. The summed E-state index contributed by atoms with van der Waals surface area (Å²) in [7, 11) is -2.35. The fourth-order valence-electron chi connectivity index (χ4n) is 4.88. The molecule has 0 bridgehead atoms. The van der Waals surface area contributed by atoms with Crippen LogP contribution in [0.2, 0.25) is 5.02 Å². The van der Waals surface area contributed by atoms with E-state index < -0.39 is 28.1 Å². The minimum atomic E-state index is -3.98. The Bertz CT molecular complexity index is 1650. The van der Waals surface area contributed by atoms with Crippen LogP contribution in [-0.2, 0) is 10.0 Å². The molecule has 12 nitrogen and oxygen atoms in total. The lowest BCUT2D eigenvalue weighted by Gasteiger charge is -2.38. The molecule has 0 unspecified atom stereocenters. The second-order valence-electron chi connectivity index (χ2n) is 10.8. The SMILES string of the molecule is C[C@H](CO)N1C[C@H](C)[C@@H](CN(C)C(=O)Nc2ccc3c(c2)OCO3)Oc2ccc(NS(=O)(=O)c3ccc(Cl)cc3)cc2C1=O. The molecule has 0 radical (unpaired) electrons. The summed E-state index contributed by atoms with van der Waals surface area (Å²) >= 11 is 5.90. The molecule has 0 spiro atoms. The number of nitrogens with zero attached hydrogens (tertiary/aromatic N) is 2. The molecule has 5 rings (SSSR count). The molecule has 234 valence electrons. The van der Waals surface area contributed by atoms with Crippen LogP contribution in [0.25, 0.3) is 0 Å². The van der Waals surface area contributed by atoms with Gasteiger partial charge in [-0.05, 0) is 61.5 Å². The number of ether oxygens (including phenoxy) is 3. The molecule has 0 aliphatic carbocycles. The Labute approximate surface area is 260 Å². The summed E-state index contributed by atoms with van der Waals surface area (Å²) in [6, 6.07) is 14.3. The van der Waals surface area contributed by atoms with E-state index in [9.17, 15) is 23.1 Å². The van der Waals surface area contributed by atoms with Crippen LogP contribution in [0.3, 0.4) is 0 Å². The summed E-state index contributed by atoms with van der Waals surface area (Å²) < 4.78 is 45.5. The van der Waals surface area contributed by atoms with E-state index in [0.717, 1.165) is 0 Å². The van der Waals surface area contributed by atoms with Crippen molar-refractivity contribution in [1.82, 2.24) is 9.80 Å². The molecule has 0 aromatic heterocycles. The van der Waals surface area contributed by atoms with E-state index in [4.69, 9.17) is 25.8 Å². The number of hydrogen-bond acceptors (Lipinski definition) is 8. The molecule has 0 saturated carbocycles. The lowest BCUT2D eigenvalue weighted by Crippen LogP contribution is -2.50. The van der Waals surface area contributed by atoms with Crippen LogP contribution in [0, 0.1) is 5.92 Å². The highest BCUT2D eigenvalue weighted by molar-refractivity contribution is 7.92. The number of amides is 3. The smallest absolute Gasteiger partial charge is 0.321 e. The van der Waals surface area contributed by atoms with Gasteiger partial charge in [-0.15, -0.1) is 0 Å². The first-order valence-corrected chi connectivity index (χ1v) is 15.7. The van der Waals surface area contributed by atoms with Gasteiger partial charge in [-0.1, -0.05) is 18.5 Å². The van der Waals surface area contributed by atoms with Gasteiger partial charge < -0.3 is 34.4 Å². The van der Waals surface area contributed by atoms with Crippen LogP contribution in [-0.4, -0.2) is 80.9 Å². The molecule has 3 N–H and O–H groups in total. The van der Waals surface area contributed by atoms with Crippen molar-refractivity contribution in [3.63, 3.8) is 0 Å². The third kappa shape index (κ3) is 6.79. The monoisotopic (exact) mass is 644 g/mol. The van der Waals surface area contributed by atoms with Gasteiger partial charge in [0.05, 0.1) is 29.7 Å². The summed E-state index contributed by atoms with van der Waals surface area (Å²) in [5, 5.41) is 13.2. The van der Waals surface area contributed by atoms with Crippen LogP contribution in [0.4, 0.5) is 16.2 Å². The Kier molecular flexibility index (Phi) is 9.09. The number of nitrogens with one attached hydrogen (secondary N) is 2. The molecule has 2 aliphatic rings. The highest BCUT2D eigenvalue weighted by Crippen LogP contribution is 2.35. The normalized spacial score (nSPS) is 18.4. The summed E-state index contributed by atoms with van der Waals surface area (Å²) in [5.74, 6) is 0.694. The molecule has 0 fully saturated rings. The standard InChI is InChI=1S/C30H33ClN4O8S/c1-18-14-35(19(2)16-36)29(37)24-12-22(33-44(39,40)23-8-4-20(31)5-9-23)7-10-25(24)43-28(18)15-34(3)30(38)32-21-6-11-26-27(13-21)42-17-41-26/h4-13,18-19,28,33,36H,14-17H2,1-3H3,(H,32,38)/t18-,19+,28+/m0/s1. The van der Waals surface area contributed by atoms with Gasteiger partial charge in [0.15, 0.2) is 11.5 Å². The van der Waals surface area contributed by atoms with Crippen molar-refractivity contribution in [2.24, 2.45) is 5.92 Å². The number of fused-ring (bicyclic) bond motifs is 2. The zero-order chi connectivity index (χ0) is 31.6. The number of likely N-dealkylation sites (N-methyl/N-ethyl adjacent to an activating group) is 1. The highest BCUT2D eigenvalue weighted by Gasteiger charge is 2.34. The molecule has 3 aromatic rings. The Balaban J connectivity index is 1.38. The second-order valence-corrected chi connectivity index (χ2v) is 12.9. The summed E-state index contributed by atoms with van der Waals surface area (Å²) in [6.45, 7) is 3.85. The van der Waals surface area contributed by atoms with Gasteiger partial charge in [0, 0.05) is 42.0 Å². The maximum atomic E-state index is 13.7. The first-order valence-electron chi connectivity index (χ1n) is 13.9. The topological polar surface area (TPSA) is 147 Å². The van der Waals surface area contributed by atoms with Gasteiger partial charge >= 0.3 is 6.03 Å². The molecule has 3 amide bonds. The van der Waals surface area contributed by atoms with E-state index in [1.807, 2.05) is 6.92 Å². The molecule has 14 heteroatoms.